The van der Waals surface area contributed by atoms with Gasteiger partial charge in [0.05, 0.1) is 10.6 Å². The SMILES string of the molecule is CCNS(=O)(=O)CCNS(=O)(=O)c1c(C)ccc(N)c1C. The molecule has 0 heterocycles. The molecule has 0 bridgehead atoms. The van der Waals surface area contributed by atoms with Gasteiger partial charge in [0.25, 0.3) is 0 Å². The number of hydrogen-bond acceptors (Lipinski definition) is 5. The van der Waals surface area contributed by atoms with Gasteiger partial charge in [0.15, 0.2) is 0 Å². The van der Waals surface area contributed by atoms with Crippen LogP contribution in [0.2, 0.25) is 0 Å². The zero-order chi connectivity index (χ0) is 16.3. The number of nitrogen functional groups attached to an aromatic ring is 1. The number of rotatable bonds is 7. The normalized spacial score (nSPS) is 12.5. The Kier molecular flexibility index (Phi) is 5.74. The maximum atomic E-state index is 12.3. The molecule has 0 aliphatic heterocycles. The number of aryl methyl sites for hydroxylation is 1. The van der Waals surface area contributed by atoms with Crippen LogP contribution < -0.4 is 15.2 Å². The zero-order valence-electron chi connectivity index (χ0n) is 12.3. The van der Waals surface area contributed by atoms with Crippen LogP contribution in [0.25, 0.3) is 0 Å². The molecule has 21 heavy (non-hydrogen) atoms. The molecule has 0 radical (unpaired) electrons. The van der Waals surface area contributed by atoms with Crippen LogP contribution in [0.15, 0.2) is 17.0 Å². The van der Waals surface area contributed by atoms with Crippen molar-refractivity contribution in [2.75, 3.05) is 24.6 Å². The van der Waals surface area contributed by atoms with Gasteiger partial charge in [-0.2, -0.15) is 0 Å². The van der Waals surface area contributed by atoms with E-state index in [-0.39, 0.29) is 23.7 Å². The summed E-state index contributed by atoms with van der Waals surface area (Å²) in [4.78, 5) is 0.100. The Morgan fingerprint density at radius 3 is 2.29 bits per heavy atom. The molecule has 120 valence electrons. The lowest BCUT2D eigenvalue weighted by atomic mass is 10.1. The molecule has 4 N–H and O–H groups in total. The van der Waals surface area contributed by atoms with Crippen LogP contribution in [-0.4, -0.2) is 35.7 Å². The molecule has 0 spiro atoms. The topological polar surface area (TPSA) is 118 Å². The smallest absolute Gasteiger partial charge is 0.241 e. The highest BCUT2D eigenvalue weighted by Gasteiger charge is 2.21. The van der Waals surface area contributed by atoms with Crippen LogP contribution in [-0.2, 0) is 20.0 Å². The third-order valence-corrected chi connectivity index (χ3v) is 6.16. The van der Waals surface area contributed by atoms with Gasteiger partial charge < -0.3 is 5.73 Å². The molecule has 0 atom stereocenters. The lowest BCUT2D eigenvalue weighted by Crippen LogP contribution is -2.34. The van der Waals surface area contributed by atoms with Gasteiger partial charge in [-0.1, -0.05) is 13.0 Å². The van der Waals surface area contributed by atoms with Crippen molar-refractivity contribution in [2.45, 2.75) is 25.7 Å². The van der Waals surface area contributed by atoms with Gasteiger partial charge in [-0.25, -0.2) is 26.3 Å². The Labute approximate surface area is 126 Å². The highest BCUT2D eigenvalue weighted by Crippen LogP contribution is 2.24. The predicted octanol–water partition coefficient (Wildman–Crippen LogP) is 0.103. The summed E-state index contributed by atoms with van der Waals surface area (Å²) in [5.74, 6) is -0.319. The van der Waals surface area contributed by atoms with Gasteiger partial charge in [0.1, 0.15) is 0 Å². The van der Waals surface area contributed by atoms with Crippen molar-refractivity contribution in [3.05, 3.63) is 23.3 Å². The van der Waals surface area contributed by atoms with Crippen molar-refractivity contribution in [3.8, 4) is 0 Å². The summed E-state index contributed by atoms with van der Waals surface area (Å²) in [6, 6.07) is 3.26. The number of nitrogens with two attached hydrogens (primary N) is 1. The second-order valence-electron chi connectivity index (χ2n) is 4.64. The van der Waals surface area contributed by atoms with Crippen LogP contribution in [0.5, 0.6) is 0 Å². The van der Waals surface area contributed by atoms with Gasteiger partial charge in [-0.15, -0.1) is 0 Å². The molecule has 0 fully saturated rings. The third kappa shape index (κ3) is 4.67. The van der Waals surface area contributed by atoms with Gasteiger partial charge in [0.2, 0.25) is 20.0 Å². The monoisotopic (exact) mass is 335 g/mol. The Morgan fingerprint density at radius 1 is 1.10 bits per heavy atom. The summed E-state index contributed by atoms with van der Waals surface area (Å²) in [7, 11) is -7.27. The van der Waals surface area contributed by atoms with Crippen LogP contribution in [0, 0.1) is 13.8 Å². The molecular weight excluding hydrogens is 314 g/mol. The van der Waals surface area contributed by atoms with Crippen LogP contribution >= 0.6 is 0 Å². The average molecular weight is 335 g/mol. The Hall–Kier alpha value is -1.16. The number of anilines is 1. The van der Waals surface area contributed by atoms with Crippen molar-refractivity contribution < 1.29 is 16.8 Å². The van der Waals surface area contributed by atoms with E-state index in [2.05, 4.69) is 9.44 Å². The summed E-state index contributed by atoms with van der Waals surface area (Å²) in [5.41, 5.74) is 7.12. The molecule has 0 aliphatic carbocycles. The summed E-state index contributed by atoms with van der Waals surface area (Å²) < 4.78 is 52.1. The van der Waals surface area contributed by atoms with E-state index in [1.54, 1.807) is 32.9 Å². The largest absolute Gasteiger partial charge is 0.398 e. The quantitative estimate of drug-likeness (QED) is 0.611. The zero-order valence-corrected chi connectivity index (χ0v) is 13.9. The first-order valence-electron chi connectivity index (χ1n) is 6.43. The van der Waals surface area contributed by atoms with Crippen molar-refractivity contribution in [3.63, 3.8) is 0 Å². The molecule has 0 saturated heterocycles. The van der Waals surface area contributed by atoms with Gasteiger partial charge >= 0.3 is 0 Å². The van der Waals surface area contributed by atoms with Gasteiger partial charge in [-0.05, 0) is 31.0 Å². The molecule has 0 aromatic heterocycles. The summed E-state index contributed by atoms with van der Waals surface area (Å²) >= 11 is 0. The standard InChI is InChI=1S/C12H21N3O4S2/c1-4-14-20(16,17)8-7-15-21(18,19)12-9(2)5-6-11(13)10(12)3/h5-6,14-15H,4,7-8,13H2,1-3H3. The highest BCUT2D eigenvalue weighted by atomic mass is 32.2. The lowest BCUT2D eigenvalue weighted by molar-refractivity contribution is 0.576. The number of hydrogen-bond donors (Lipinski definition) is 3. The van der Waals surface area contributed by atoms with E-state index in [0.29, 0.717) is 16.8 Å². The second kappa shape index (κ2) is 6.73. The fraction of sp³-hybridized carbons (Fsp3) is 0.500. The van der Waals surface area contributed by atoms with E-state index in [1.165, 1.54) is 0 Å². The molecule has 1 aromatic rings. The molecule has 7 nitrogen and oxygen atoms in total. The average Bonchev–Trinajstić information content (AvgIpc) is 2.33. The Morgan fingerprint density at radius 2 is 1.71 bits per heavy atom. The summed E-state index contributed by atoms with van der Waals surface area (Å²) in [5, 5.41) is 0. The fourth-order valence-corrected chi connectivity index (χ4v) is 4.54. The predicted molar refractivity (Wildman–Crippen MR) is 83.0 cm³/mol. The van der Waals surface area contributed by atoms with E-state index in [4.69, 9.17) is 5.73 Å². The minimum absolute atomic E-state index is 0.100. The summed E-state index contributed by atoms with van der Waals surface area (Å²) in [6.45, 7) is 5.00. The van der Waals surface area contributed by atoms with Crippen molar-refractivity contribution in [1.82, 2.24) is 9.44 Å². The minimum atomic E-state index is -3.80. The highest BCUT2D eigenvalue weighted by molar-refractivity contribution is 7.90. The first kappa shape index (κ1) is 17.9. The van der Waals surface area contributed by atoms with E-state index >= 15 is 0 Å². The third-order valence-electron chi connectivity index (χ3n) is 2.94. The van der Waals surface area contributed by atoms with Gasteiger partial charge in [-0.3, -0.25) is 0 Å². The van der Waals surface area contributed by atoms with Crippen LogP contribution in [0.3, 0.4) is 0 Å². The maximum Gasteiger partial charge on any atom is 0.241 e. The molecule has 0 aliphatic rings. The van der Waals surface area contributed by atoms with Gasteiger partial charge in [0, 0.05) is 18.8 Å². The van der Waals surface area contributed by atoms with Crippen molar-refractivity contribution >= 4 is 25.7 Å². The molecule has 0 saturated carbocycles. The fourth-order valence-electron chi connectivity index (χ4n) is 1.93. The number of sulfonamides is 2. The van der Waals surface area contributed by atoms with E-state index in [9.17, 15) is 16.8 Å². The minimum Gasteiger partial charge on any atom is -0.398 e. The molecular formula is C12H21N3O4S2. The first-order valence-corrected chi connectivity index (χ1v) is 9.57. The lowest BCUT2D eigenvalue weighted by Gasteiger charge is -2.13. The Bertz CT molecular complexity index is 712. The Balaban J connectivity index is 2.92. The van der Waals surface area contributed by atoms with Crippen LogP contribution in [0.4, 0.5) is 5.69 Å². The number of benzene rings is 1. The van der Waals surface area contributed by atoms with E-state index in [1.807, 2.05) is 0 Å². The van der Waals surface area contributed by atoms with E-state index in [0.717, 1.165) is 0 Å². The first-order chi connectivity index (χ1) is 9.60. The number of nitrogens with one attached hydrogen (secondary N) is 2. The molecule has 1 rings (SSSR count). The van der Waals surface area contributed by atoms with Crippen LogP contribution in [0.1, 0.15) is 18.1 Å². The molecule has 0 unspecified atom stereocenters. The van der Waals surface area contributed by atoms with E-state index < -0.39 is 20.0 Å². The second-order valence-corrected chi connectivity index (χ2v) is 8.27. The van der Waals surface area contributed by atoms with Crippen molar-refractivity contribution in [2.24, 2.45) is 0 Å². The molecule has 0 amide bonds. The molecule has 9 heteroatoms. The maximum absolute atomic E-state index is 12.3. The summed E-state index contributed by atoms with van der Waals surface area (Å²) in [6.07, 6.45) is 0. The van der Waals surface area contributed by atoms with Crippen molar-refractivity contribution in [1.29, 1.82) is 0 Å². The molecule has 1 aromatic carbocycles.